The van der Waals surface area contributed by atoms with Crippen LogP contribution in [0.4, 0.5) is 0 Å². The molecule has 1 aliphatic rings. The summed E-state index contributed by atoms with van der Waals surface area (Å²) in [6.07, 6.45) is 0. The number of aryl methyl sites for hydroxylation is 2. The first kappa shape index (κ1) is 27.5. The number of hydrogen-bond acceptors (Lipinski definition) is 4. The molecule has 0 atom stereocenters. The molecule has 0 radical (unpaired) electrons. The molecule has 1 aliphatic heterocycles. The first-order chi connectivity index (χ1) is 18.8. The van der Waals surface area contributed by atoms with Crippen LogP contribution < -0.4 is 14.2 Å². The minimum absolute atomic E-state index is 0.259. The SMILES string of the molecule is Cc1cc(C2(c3ccc(OC(C)(C)C)c(C)c3)c3ccccc3Oc3ccccc32)ccc1OC(=O)C(C)(C)C. The highest BCUT2D eigenvalue weighted by atomic mass is 16.5. The van der Waals surface area contributed by atoms with Gasteiger partial charge in [-0.25, -0.2) is 0 Å². The Balaban J connectivity index is 1.78. The quantitative estimate of drug-likeness (QED) is 0.171. The Morgan fingerprint density at radius 1 is 0.675 bits per heavy atom. The minimum atomic E-state index is -0.673. The van der Waals surface area contributed by atoms with Gasteiger partial charge in [0.05, 0.1) is 10.8 Å². The van der Waals surface area contributed by atoms with Crippen LogP contribution in [0.1, 0.15) is 74.9 Å². The van der Waals surface area contributed by atoms with E-state index in [2.05, 4.69) is 82.3 Å². The van der Waals surface area contributed by atoms with Crippen molar-refractivity contribution in [1.29, 1.82) is 0 Å². The van der Waals surface area contributed by atoms with Gasteiger partial charge < -0.3 is 14.2 Å². The van der Waals surface area contributed by atoms with Crippen molar-refractivity contribution in [3.63, 3.8) is 0 Å². The molecule has 0 aliphatic carbocycles. The van der Waals surface area contributed by atoms with E-state index in [1.807, 2.05) is 58.0 Å². The summed E-state index contributed by atoms with van der Waals surface area (Å²) in [6, 6.07) is 29.0. The lowest BCUT2D eigenvalue weighted by molar-refractivity contribution is -0.143. The van der Waals surface area contributed by atoms with E-state index >= 15 is 0 Å². The Morgan fingerprint density at radius 2 is 1.15 bits per heavy atom. The van der Waals surface area contributed by atoms with Gasteiger partial charge in [0.1, 0.15) is 28.6 Å². The number of benzene rings is 4. The number of rotatable bonds is 4. The van der Waals surface area contributed by atoms with Crippen molar-refractivity contribution in [2.24, 2.45) is 5.41 Å². The van der Waals surface area contributed by atoms with Gasteiger partial charge in [-0.3, -0.25) is 4.79 Å². The molecular formula is C36H38O4. The van der Waals surface area contributed by atoms with Gasteiger partial charge in [-0.1, -0.05) is 60.7 Å². The number of ether oxygens (including phenoxy) is 3. The van der Waals surface area contributed by atoms with Gasteiger partial charge in [-0.05, 0) is 102 Å². The van der Waals surface area contributed by atoms with Crippen molar-refractivity contribution in [3.05, 3.63) is 118 Å². The molecule has 0 N–H and O–H groups in total. The Labute approximate surface area is 237 Å². The largest absolute Gasteiger partial charge is 0.488 e. The molecule has 0 fully saturated rings. The number of esters is 1. The molecule has 1 heterocycles. The maximum absolute atomic E-state index is 12.7. The first-order valence-corrected chi connectivity index (χ1v) is 13.8. The van der Waals surface area contributed by atoms with Crippen LogP contribution in [-0.4, -0.2) is 11.6 Å². The minimum Gasteiger partial charge on any atom is -0.488 e. The summed E-state index contributed by atoms with van der Waals surface area (Å²) in [6.45, 7) is 15.8. The number of para-hydroxylation sites is 2. The van der Waals surface area contributed by atoms with Crippen LogP contribution in [0.25, 0.3) is 0 Å². The maximum atomic E-state index is 12.7. The number of carbonyl (C=O) groups excluding carboxylic acids is 1. The molecule has 0 spiro atoms. The summed E-state index contributed by atoms with van der Waals surface area (Å²) < 4.78 is 18.6. The highest BCUT2D eigenvalue weighted by molar-refractivity contribution is 5.78. The van der Waals surface area contributed by atoms with Crippen molar-refractivity contribution in [1.82, 2.24) is 0 Å². The summed E-state index contributed by atoms with van der Waals surface area (Å²) >= 11 is 0. The second-order valence-corrected chi connectivity index (χ2v) is 12.7. The Bertz CT molecular complexity index is 1540. The Hall–Kier alpha value is -4.05. The third kappa shape index (κ3) is 4.88. The van der Waals surface area contributed by atoms with E-state index in [9.17, 15) is 4.79 Å². The smallest absolute Gasteiger partial charge is 0.316 e. The molecule has 0 saturated carbocycles. The van der Waals surface area contributed by atoms with Gasteiger partial charge in [-0.2, -0.15) is 0 Å². The molecule has 0 unspecified atom stereocenters. The van der Waals surface area contributed by atoms with Crippen LogP contribution >= 0.6 is 0 Å². The van der Waals surface area contributed by atoms with E-state index in [1.54, 1.807) is 0 Å². The molecule has 4 nitrogen and oxygen atoms in total. The van der Waals surface area contributed by atoms with E-state index in [0.717, 1.165) is 50.6 Å². The van der Waals surface area contributed by atoms with Gasteiger partial charge in [0.15, 0.2) is 0 Å². The van der Waals surface area contributed by atoms with Gasteiger partial charge in [0.2, 0.25) is 0 Å². The van der Waals surface area contributed by atoms with Crippen molar-refractivity contribution in [2.45, 2.75) is 66.4 Å². The molecule has 206 valence electrons. The van der Waals surface area contributed by atoms with Crippen molar-refractivity contribution in [2.75, 3.05) is 0 Å². The maximum Gasteiger partial charge on any atom is 0.316 e. The highest BCUT2D eigenvalue weighted by Crippen LogP contribution is 2.55. The van der Waals surface area contributed by atoms with E-state index in [-0.39, 0.29) is 11.6 Å². The average Bonchev–Trinajstić information content (AvgIpc) is 2.88. The van der Waals surface area contributed by atoms with Crippen LogP contribution in [0.3, 0.4) is 0 Å². The van der Waals surface area contributed by atoms with E-state index in [4.69, 9.17) is 14.2 Å². The van der Waals surface area contributed by atoms with Crippen LogP contribution in [0.5, 0.6) is 23.0 Å². The predicted octanol–water partition coefficient (Wildman–Crippen LogP) is 8.92. The molecule has 4 aromatic rings. The van der Waals surface area contributed by atoms with Crippen LogP contribution in [-0.2, 0) is 10.2 Å². The van der Waals surface area contributed by atoms with Crippen LogP contribution in [0, 0.1) is 19.3 Å². The normalized spacial score (nSPS) is 14.0. The molecule has 0 amide bonds. The van der Waals surface area contributed by atoms with Crippen molar-refractivity contribution < 1.29 is 19.0 Å². The van der Waals surface area contributed by atoms with E-state index in [1.165, 1.54) is 0 Å². The topological polar surface area (TPSA) is 44.8 Å². The number of hydrogen-bond donors (Lipinski definition) is 0. The molecule has 0 bridgehead atoms. The zero-order valence-electron chi connectivity index (χ0n) is 24.7. The van der Waals surface area contributed by atoms with Gasteiger partial charge in [-0.15, -0.1) is 0 Å². The zero-order chi connectivity index (χ0) is 28.9. The predicted molar refractivity (Wildman–Crippen MR) is 160 cm³/mol. The summed E-state index contributed by atoms with van der Waals surface area (Å²) in [4.78, 5) is 12.7. The second-order valence-electron chi connectivity index (χ2n) is 12.7. The highest BCUT2D eigenvalue weighted by Gasteiger charge is 2.45. The molecule has 0 aromatic heterocycles. The monoisotopic (exact) mass is 534 g/mol. The van der Waals surface area contributed by atoms with Crippen LogP contribution in [0.15, 0.2) is 84.9 Å². The van der Waals surface area contributed by atoms with Gasteiger partial charge >= 0.3 is 5.97 Å². The van der Waals surface area contributed by atoms with E-state index in [0.29, 0.717) is 5.75 Å². The van der Waals surface area contributed by atoms with E-state index < -0.39 is 10.8 Å². The molecule has 4 heteroatoms. The lowest BCUT2D eigenvalue weighted by Gasteiger charge is -2.42. The Morgan fingerprint density at radius 3 is 1.60 bits per heavy atom. The summed E-state index contributed by atoms with van der Waals surface area (Å²) in [5.74, 6) is 2.80. The fourth-order valence-corrected chi connectivity index (χ4v) is 5.36. The standard InChI is InChI=1S/C36H38O4/c1-23-21-25(17-19-29(23)39-33(37)34(3,4)5)36(26-18-20-30(24(2)22-26)40-35(6,7)8)27-13-9-11-15-31(27)38-32-16-12-10-14-28(32)36/h9-22H,1-8H3. The number of fused-ring (bicyclic) bond motifs is 2. The summed E-state index contributed by atoms with van der Waals surface area (Å²) in [5, 5.41) is 0. The first-order valence-electron chi connectivity index (χ1n) is 13.8. The lowest BCUT2D eigenvalue weighted by atomic mass is 9.63. The third-order valence-electron chi connectivity index (χ3n) is 7.25. The number of carbonyl (C=O) groups is 1. The average molecular weight is 535 g/mol. The van der Waals surface area contributed by atoms with Crippen molar-refractivity contribution >= 4 is 5.97 Å². The molecular weight excluding hydrogens is 496 g/mol. The molecule has 4 aromatic carbocycles. The van der Waals surface area contributed by atoms with Crippen LogP contribution in [0.2, 0.25) is 0 Å². The van der Waals surface area contributed by atoms with Gasteiger partial charge in [0.25, 0.3) is 0 Å². The molecule has 40 heavy (non-hydrogen) atoms. The summed E-state index contributed by atoms with van der Waals surface area (Å²) in [7, 11) is 0. The lowest BCUT2D eigenvalue weighted by Crippen LogP contribution is -2.34. The summed E-state index contributed by atoms with van der Waals surface area (Å²) in [5.41, 5.74) is 4.64. The molecule has 5 rings (SSSR count). The Kier molecular flexibility index (Phi) is 6.78. The van der Waals surface area contributed by atoms with Gasteiger partial charge in [0, 0.05) is 11.1 Å². The zero-order valence-corrected chi connectivity index (χ0v) is 24.7. The fraction of sp³-hybridized carbons (Fsp3) is 0.306. The fourth-order valence-electron chi connectivity index (χ4n) is 5.36. The van der Waals surface area contributed by atoms with Crippen molar-refractivity contribution in [3.8, 4) is 23.0 Å². The molecule has 0 saturated heterocycles. The third-order valence-corrected chi connectivity index (χ3v) is 7.25. The second kappa shape index (κ2) is 9.85.